The number of hydrogen-bond donors (Lipinski definition) is 3. The van der Waals surface area contributed by atoms with Crippen molar-refractivity contribution >= 4 is 33.9 Å². The summed E-state index contributed by atoms with van der Waals surface area (Å²) in [6.45, 7) is 2.12. The predicted molar refractivity (Wildman–Crippen MR) is 68.1 cm³/mol. The third-order valence-corrected chi connectivity index (χ3v) is 2.43. The van der Waals surface area contributed by atoms with Gasteiger partial charge in [-0.05, 0) is 42.9 Å². The molecule has 0 saturated heterocycles. The molecule has 0 atom stereocenters. The second-order valence-corrected chi connectivity index (χ2v) is 3.88. The molecule has 0 saturated carbocycles. The Hall–Kier alpha value is -1.55. The molecule has 0 aliphatic heterocycles. The molecule has 0 radical (unpaired) electrons. The van der Waals surface area contributed by atoms with Gasteiger partial charge in [0.2, 0.25) is 0 Å². The van der Waals surface area contributed by atoms with Crippen LogP contribution in [-0.2, 0) is 6.42 Å². The Kier molecular flexibility index (Phi) is 2.60. The summed E-state index contributed by atoms with van der Waals surface area (Å²) in [4.78, 5) is 3.33. The van der Waals surface area contributed by atoms with Crippen LogP contribution in [0.2, 0.25) is 0 Å². The van der Waals surface area contributed by atoms with E-state index in [2.05, 4.69) is 23.3 Å². The number of nitrogens with one attached hydrogen (secondary N) is 2. The van der Waals surface area contributed by atoms with Crippen molar-refractivity contribution < 1.29 is 0 Å². The van der Waals surface area contributed by atoms with Crippen LogP contribution in [0.4, 0.5) is 5.69 Å². The molecule has 0 unspecified atom stereocenters. The molecule has 0 bridgehead atoms. The molecule has 4 heteroatoms. The van der Waals surface area contributed by atoms with Gasteiger partial charge in [0, 0.05) is 22.3 Å². The zero-order valence-corrected chi connectivity index (χ0v) is 9.32. The van der Waals surface area contributed by atoms with Gasteiger partial charge in [-0.25, -0.2) is 0 Å². The standard InChI is InChI=1S/C11H13N3S/c1-2-8-5-7-6-9(14-11(12)15)3-4-10(7)13-8/h3-6,13H,2H2,1H3,(H3,12,14,15). The van der Waals surface area contributed by atoms with E-state index in [9.17, 15) is 0 Å². The lowest BCUT2D eigenvalue weighted by molar-refractivity contribution is 1.07. The first-order valence-electron chi connectivity index (χ1n) is 4.87. The maximum absolute atomic E-state index is 5.41. The second kappa shape index (κ2) is 3.90. The number of aromatic nitrogens is 1. The first kappa shape index (κ1) is 9.98. The van der Waals surface area contributed by atoms with Gasteiger partial charge in [0.15, 0.2) is 5.11 Å². The largest absolute Gasteiger partial charge is 0.376 e. The predicted octanol–water partition coefficient (Wildman–Crippen LogP) is 2.39. The normalized spacial score (nSPS) is 10.5. The van der Waals surface area contributed by atoms with Crippen LogP contribution >= 0.6 is 12.2 Å². The molecule has 4 N–H and O–H groups in total. The highest BCUT2D eigenvalue weighted by atomic mass is 32.1. The summed E-state index contributed by atoms with van der Waals surface area (Å²) >= 11 is 4.79. The fraction of sp³-hybridized carbons (Fsp3) is 0.182. The van der Waals surface area contributed by atoms with E-state index in [-0.39, 0.29) is 0 Å². The highest BCUT2D eigenvalue weighted by Gasteiger charge is 2.00. The topological polar surface area (TPSA) is 53.8 Å². The molecule has 1 aromatic heterocycles. The third-order valence-electron chi connectivity index (χ3n) is 2.32. The second-order valence-electron chi connectivity index (χ2n) is 3.44. The van der Waals surface area contributed by atoms with Crippen molar-refractivity contribution in [2.75, 3.05) is 5.32 Å². The molecular weight excluding hydrogens is 206 g/mol. The van der Waals surface area contributed by atoms with Crippen LogP contribution in [-0.4, -0.2) is 10.1 Å². The van der Waals surface area contributed by atoms with E-state index in [1.54, 1.807) is 0 Å². The summed E-state index contributed by atoms with van der Waals surface area (Å²) in [6, 6.07) is 8.15. The molecule has 0 amide bonds. The highest BCUT2D eigenvalue weighted by Crippen LogP contribution is 2.20. The summed E-state index contributed by atoms with van der Waals surface area (Å²) in [5.74, 6) is 0. The Morgan fingerprint density at radius 2 is 2.27 bits per heavy atom. The number of aryl methyl sites for hydroxylation is 1. The number of rotatable bonds is 2. The lowest BCUT2D eigenvalue weighted by Crippen LogP contribution is -2.18. The first-order chi connectivity index (χ1) is 7.19. The number of fused-ring (bicyclic) bond motifs is 1. The molecule has 0 spiro atoms. The molecule has 15 heavy (non-hydrogen) atoms. The van der Waals surface area contributed by atoms with Crippen molar-refractivity contribution in [3.05, 3.63) is 30.0 Å². The average Bonchev–Trinajstić information content (AvgIpc) is 2.58. The molecule has 78 valence electrons. The van der Waals surface area contributed by atoms with Gasteiger partial charge < -0.3 is 16.0 Å². The molecule has 2 rings (SSSR count). The molecule has 3 nitrogen and oxygen atoms in total. The van der Waals surface area contributed by atoms with E-state index in [0.717, 1.165) is 17.6 Å². The van der Waals surface area contributed by atoms with E-state index in [4.69, 9.17) is 18.0 Å². The van der Waals surface area contributed by atoms with Crippen molar-refractivity contribution in [2.45, 2.75) is 13.3 Å². The van der Waals surface area contributed by atoms with Crippen LogP contribution in [0.5, 0.6) is 0 Å². The Morgan fingerprint density at radius 1 is 1.47 bits per heavy atom. The first-order valence-corrected chi connectivity index (χ1v) is 5.28. The van der Waals surface area contributed by atoms with Gasteiger partial charge in [0.1, 0.15) is 0 Å². The quantitative estimate of drug-likeness (QED) is 0.680. The Bertz CT molecular complexity index is 502. The number of benzene rings is 1. The minimum atomic E-state index is 0.292. The molecule has 0 fully saturated rings. The van der Waals surface area contributed by atoms with Gasteiger partial charge >= 0.3 is 0 Å². The average molecular weight is 219 g/mol. The summed E-state index contributed by atoms with van der Waals surface area (Å²) in [6.07, 6.45) is 1.01. The molecule has 0 aliphatic rings. The van der Waals surface area contributed by atoms with Crippen LogP contribution in [0.15, 0.2) is 24.3 Å². The maximum atomic E-state index is 5.41. The Morgan fingerprint density at radius 3 is 2.93 bits per heavy atom. The third kappa shape index (κ3) is 2.10. The number of anilines is 1. The number of H-pyrrole nitrogens is 1. The van der Waals surface area contributed by atoms with Gasteiger partial charge in [-0.15, -0.1) is 0 Å². The van der Waals surface area contributed by atoms with Crippen molar-refractivity contribution in [3.8, 4) is 0 Å². The monoisotopic (exact) mass is 219 g/mol. The zero-order chi connectivity index (χ0) is 10.8. The van der Waals surface area contributed by atoms with E-state index in [1.165, 1.54) is 11.1 Å². The van der Waals surface area contributed by atoms with Crippen molar-refractivity contribution in [3.63, 3.8) is 0 Å². The number of aromatic amines is 1. The van der Waals surface area contributed by atoms with E-state index in [0.29, 0.717) is 5.11 Å². The van der Waals surface area contributed by atoms with E-state index in [1.807, 2.05) is 18.2 Å². The molecule has 1 heterocycles. The Labute approximate surface area is 93.7 Å². The summed E-state index contributed by atoms with van der Waals surface area (Å²) in [5, 5.41) is 4.39. The van der Waals surface area contributed by atoms with Crippen LogP contribution in [0.25, 0.3) is 10.9 Å². The molecule has 1 aromatic carbocycles. The van der Waals surface area contributed by atoms with Gasteiger partial charge in [0.05, 0.1) is 0 Å². The minimum Gasteiger partial charge on any atom is -0.376 e. The number of nitrogens with two attached hydrogens (primary N) is 1. The van der Waals surface area contributed by atoms with Gasteiger partial charge in [-0.1, -0.05) is 6.92 Å². The smallest absolute Gasteiger partial charge is 0.168 e. The lowest BCUT2D eigenvalue weighted by atomic mass is 10.2. The molecule has 0 aliphatic carbocycles. The van der Waals surface area contributed by atoms with E-state index >= 15 is 0 Å². The van der Waals surface area contributed by atoms with Crippen LogP contribution in [0.3, 0.4) is 0 Å². The lowest BCUT2D eigenvalue weighted by Gasteiger charge is -2.02. The molecule has 2 aromatic rings. The summed E-state index contributed by atoms with van der Waals surface area (Å²) in [7, 11) is 0. The maximum Gasteiger partial charge on any atom is 0.168 e. The SMILES string of the molecule is CCc1cc2cc(NC(N)=S)ccc2[nH]1. The zero-order valence-electron chi connectivity index (χ0n) is 8.50. The van der Waals surface area contributed by atoms with E-state index < -0.39 is 0 Å². The van der Waals surface area contributed by atoms with Crippen molar-refractivity contribution in [1.82, 2.24) is 4.98 Å². The van der Waals surface area contributed by atoms with Crippen LogP contribution < -0.4 is 11.1 Å². The minimum absolute atomic E-state index is 0.292. The Balaban J connectivity index is 2.41. The van der Waals surface area contributed by atoms with Gasteiger partial charge in [0.25, 0.3) is 0 Å². The number of thiocarbonyl (C=S) groups is 1. The van der Waals surface area contributed by atoms with Crippen molar-refractivity contribution in [2.24, 2.45) is 5.73 Å². The molecular formula is C11H13N3S. The summed E-state index contributed by atoms with van der Waals surface area (Å²) in [5.41, 5.74) is 8.71. The van der Waals surface area contributed by atoms with Crippen molar-refractivity contribution in [1.29, 1.82) is 0 Å². The fourth-order valence-corrected chi connectivity index (χ4v) is 1.72. The number of hydrogen-bond acceptors (Lipinski definition) is 1. The van der Waals surface area contributed by atoms with Crippen LogP contribution in [0.1, 0.15) is 12.6 Å². The van der Waals surface area contributed by atoms with Gasteiger partial charge in [-0.3, -0.25) is 0 Å². The summed E-state index contributed by atoms with van der Waals surface area (Å²) < 4.78 is 0. The highest BCUT2D eigenvalue weighted by molar-refractivity contribution is 7.80. The van der Waals surface area contributed by atoms with Gasteiger partial charge in [-0.2, -0.15) is 0 Å². The fourth-order valence-electron chi connectivity index (χ4n) is 1.60. The van der Waals surface area contributed by atoms with Crippen LogP contribution in [0, 0.1) is 0 Å².